The van der Waals surface area contributed by atoms with Crippen LogP contribution in [0.5, 0.6) is 0 Å². The Balaban J connectivity index is 1.38. The monoisotopic (exact) mass is 1180 g/mol. The van der Waals surface area contributed by atoms with Gasteiger partial charge in [0, 0.05) is 6.42 Å². The summed E-state index contributed by atoms with van der Waals surface area (Å²) in [6.07, 6.45) is 29.4. The van der Waals surface area contributed by atoms with Crippen LogP contribution < -0.4 is 5.32 Å². The largest absolute Gasteiger partial charge is 0.394 e. The average molecular weight is 1180 g/mol. The Bertz CT molecular complexity index is 1790. The van der Waals surface area contributed by atoms with E-state index in [9.17, 15) is 61.0 Å². The average Bonchev–Trinajstić information content (AvgIpc) is 3.25. The van der Waals surface area contributed by atoms with Crippen molar-refractivity contribution in [2.24, 2.45) is 0 Å². The van der Waals surface area contributed by atoms with E-state index < -0.39 is 124 Å². The summed E-state index contributed by atoms with van der Waals surface area (Å²) >= 11 is 0. The third-order valence-electron chi connectivity index (χ3n) is 15.5. The molecular weight excluding hydrogens is 1070 g/mol. The molecule has 3 aliphatic rings. The molecule has 3 aliphatic heterocycles. The number of hydrogen-bond acceptors (Lipinski definition) is 18. The lowest BCUT2D eigenvalue weighted by atomic mass is 9.96. The molecule has 3 rings (SSSR count). The summed E-state index contributed by atoms with van der Waals surface area (Å²) in [6.45, 7) is 1.42. The van der Waals surface area contributed by atoms with Crippen molar-refractivity contribution in [2.45, 2.75) is 298 Å². The van der Waals surface area contributed by atoms with E-state index in [1.165, 1.54) is 109 Å². The van der Waals surface area contributed by atoms with Crippen LogP contribution in [0, 0.1) is 0 Å². The maximum absolute atomic E-state index is 13.3. The number of rotatable bonds is 46. The molecule has 0 aromatic carbocycles. The molecule has 17 atom stereocenters. The number of nitrogens with one attached hydrogen (secondary N) is 1. The molecule has 0 bridgehead atoms. The topological polar surface area (TPSA) is 307 Å². The van der Waals surface area contributed by atoms with Gasteiger partial charge in [-0.1, -0.05) is 183 Å². The van der Waals surface area contributed by atoms with Crippen LogP contribution in [0.15, 0.2) is 72.9 Å². The molecule has 3 fully saturated rings. The summed E-state index contributed by atoms with van der Waals surface area (Å²) in [5.74, 6) is -0.296. The Hall–Kier alpha value is -2.77. The molecule has 17 unspecified atom stereocenters. The molecule has 0 aliphatic carbocycles. The van der Waals surface area contributed by atoms with Crippen molar-refractivity contribution < 1.29 is 89.4 Å². The molecule has 0 saturated carbocycles. The van der Waals surface area contributed by atoms with E-state index >= 15 is 0 Å². The molecule has 1 amide bonds. The number of aliphatic hydroxyl groups is 11. The van der Waals surface area contributed by atoms with Crippen LogP contribution in [-0.2, 0) is 33.2 Å². The first-order chi connectivity index (χ1) is 40.3. The van der Waals surface area contributed by atoms with Gasteiger partial charge in [0.2, 0.25) is 5.91 Å². The molecule has 0 aromatic heterocycles. The zero-order valence-electron chi connectivity index (χ0n) is 50.1. The quantitative estimate of drug-likeness (QED) is 0.0226. The Morgan fingerprint density at radius 1 is 0.458 bits per heavy atom. The predicted octanol–water partition coefficient (Wildman–Crippen LogP) is 6.60. The lowest BCUT2D eigenvalue weighted by Crippen LogP contribution is -2.66. The number of carbonyl (C=O) groups excluding carboxylic acids is 1. The minimum Gasteiger partial charge on any atom is -0.394 e. The second-order valence-electron chi connectivity index (χ2n) is 22.5. The number of amides is 1. The maximum Gasteiger partial charge on any atom is 0.220 e. The van der Waals surface area contributed by atoms with Crippen LogP contribution in [0.4, 0.5) is 0 Å². The molecule has 83 heavy (non-hydrogen) atoms. The third kappa shape index (κ3) is 29.7. The first-order valence-electron chi connectivity index (χ1n) is 31.7. The van der Waals surface area contributed by atoms with E-state index in [-0.39, 0.29) is 18.9 Å². The third-order valence-corrected chi connectivity index (χ3v) is 15.5. The van der Waals surface area contributed by atoms with Gasteiger partial charge >= 0.3 is 0 Å². The lowest BCUT2D eigenvalue weighted by molar-refractivity contribution is -0.379. The molecule has 0 aromatic rings. The number of hydrogen-bond donors (Lipinski definition) is 12. The number of carbonyl (C=O) groups is 1. The molecule has 0 radical (unpaired) electrons. The van der Waals surface area contributed by atoms with Crippen molar-refractivity contribution in [3.63, 3.8) is 0 Å². The number of aliphatic hydroxyl groups excluding tert-OH is 11. The van der Waals surface area contributed by atoms with Crippen LogP contribution in [0.3, 0.4) is 0 Å². The highest BCUT2D eigenvalue weighted by atomic mass is 16.8. The summed E-state index contributed by atoms with van der Waals surface area (Å²) in [7, 11) is 0. The van der Waals surface area contributed by atoms with Crippen LogP contribution >= 0.6 is 0 Å². The molecule has 19 heteroatoms. The van der Waals surface area contributed by atoms with Crippen molar-refractivity contribution in [1.82, 2.24) is 5.32 Å². The standard InChI is InChI=1S/C64H111NO18/c1-3-5-7-9-11-13-14-15-16-17-18-19-20-21-22-23-24-25-26-27-28-29-30-31-32-34-36-38-40-42-52(70)65-47(48(69)41-39-37-35-33-12-10-8-6-4-2)46-78-62-58(76)55(73)60(50(44-67)80-62)83-64-59(77)56(74)61(51(45-68)81-64)82-63-57(75)54(72)53(71)49(43-66)79-63/h4,6,12,14-15,17-18,20-21,33,39,41,47-51,53-64,66-69,71-77H,3,5,7-11,13,16,19,22-32,34-38,40,42-46H2,1-2H3,(H,65,70)/b6-4+,15-14-,18-17-,21-20-,33-12+,41-39+. The van der Waals surface area contributed by atoms with E-state index in [0.29, 0.717) is 12.8 Å². The molecule has 3 heterocycles. The summed E-state index contributed by atoms with van der Waals surface area (Å²) in [5.41, 5.74) is 0. The molecule has 19 nitrogen and oxygen atoms in total. The lowest BCUT2D eigenvalue weighted by Gasteiger charge is -2.48. The minimum atomic E-state index is -1.98. The molecular formula is C64H111NO18. The van der Waals surface area contributed by atoms with Gasteiger partial charge in [0.25, 0.3) is 0 Å². The fourth-order valence-electron chi connectivity index (χ4n) is 10.4. The van der Waals surface area contributed by atoms with Crippen LogP contribution in [0.1, 0.15) is 194 Å². The van der Waals surface area contributed by atoms with Gasteiger partial charge in [0.05, 0.1) is 38.6 Å². The highest BCUT2D eigenvalue weighted by molar-refractivity contribution is 5.76. The van der Waals surface area contributed by atoms with E-state index in [0.717, 1.165) is 51.4 Å². The molecule has 3 saturated heterocycles. The van der Waals surface area contributed by atoms with Gasteiger partial charge in [0.15, 0.2) is 18.9 Å². The minimum absolute atomic E-state index is 0.227. The van der Waals surface area contributed by atoms with Crippen LogP contribution in [0.25, 0.3) is 0 Å². The molecule has 480 valence electrons. The zero-order valence-corrected chi connectivity index (χ0v) is 50.1. The highest BCUT2D eigenvalue weighted by Gasteiger charge is 2.53. The Morgan fingerprint density at radius 3 is 1.35 bits per heavy atom. The Morgan fingerprint density at radius 2 is 0.855 bits per heavy atom. The fourth-order valence-corrected chi connectivity index (χ4v) is 10.4. The van der Waals surface area contributed by atoms with E-state index in [1.54, 1.807) is 6.08 Å². The SMILES string of the molecule is C/C=C/CC/C=C/CC/C=C/C(O)C(COC1OC(CO)C(OC2OC(CO)C(OC3OC(CO)C(O)C(O)C3O)C(O)C2O)C(O)C1O)NC(=O)CCCCCCCCCCCCCCCC/C=C\C/C=C\C/C=C\CCCCCCC. The van der Waals surface area contributed by atoms with E-state index in [2.05, 4.69) is 66.9 Å². The van der Waals surface area contributed by atoms with E-state index in [4.69, 9.17) is 28.4 Å². The van der Waals surface area contributed by atoms with Crippen LogP contribution in [-0.4, -0.2) is 193 Å². The molecule has 0 spiro atoms. The summed E-state index contributed by atoms with van der Waals surface area (Å²) in [4.78, 5) is 13.3. The van der Waals surface area contributed by atoms with Crippen molar-refractivity contribution >= 4 is 5.91 Å². The molecule has 12 N–H and O–H groups in total. The zero-order chi connectivity index (χ0) is 60.5. The second kappa shape index (κ2) is 46.4. The van der Waals surface area contributed by atoms with Gasteiger partial charge in [-0.25, -0.2) is 0 Å². The normalized spacial score (nSPS) is 29.9. The van der Waals surface area contributed by atoms with Crippen molar-refractivity contribution in [3.05, 3.63) is 72.9 Å². The van der Waals surface area contributed by atoms with Gasteiger partial charge < -0.3 is 89.9 Å². The summed E-state index contributed by atoms with van der Waals surface area (Å²) < 4.78 is 34.2. The van der Waals surface area contributed by atoms with Crippen molar-refractivity contribution in [3.8, 4) is 0 Å². The Labute approximate surface area is 496 Å². The Kier molecular flexibility index (Phi) is 41.6. The first-order valence-corrected chi connectivity index (χ1v) is 31.7. The van der Waals surface area contributed by atoms with E-state index in [1.807, 2.05) is 19.1 Å². The van der Waals surface area contributed by atoms with Gasteiger partial charge in [-0.05, 0) is 77.6 Å². The van der Waals surface area contributed by atoms with Crippen molar-refractivity contribution in [2.75, 3.05) is 26.4 Å². The van der Waals surface area contributed by atoms with Crippen LogP contribution in [0.2, 0.25) is 0 Å². The van der Waals surface area contributed by atoms with Gasteiger partial charge in [-0.3, -0.25) is 4.79 Å². The summed E-state index contributed by atoms with van der Waals surface area (Å²) in [6, 6.07) is -0.997. The first kappa shape index (κ1) is 74.5. The fraction of sp³-hybridized carbons (Fsp3) is 0.797. The van der Waals surface area contributed by atoms with Crippen molar-refractivity contribution in [1.29, 1.82) is 0 Å². The smallest absolute Gasteiger partial charge is 0.220 e. The number of unbranched alkanes of at least 4 members (excludes halogenated alkanes) is 21. The second-order valence-corrected chi connectivity index (χ2v) is 22.5. The maximum atomic E-state index is 13.3. The number of allylic oxidation sites excluding steroid dienone is 11. The van der Waals surface area contributed by atoms with Gasteiger partial charge in [-0.15, -0.1) is 0 Å². The summed E-state index contributed by atoms with van der Waals surface area (Å²) in [5, 5.41) is 120. The highest BCUT2D eigenvalue weighted by Crippen LogP contribution is 2.33. The predicted molar refractivity (Wildman–Crippen MR) is 318 cm³/mol. The van der Waals surface area contributed by atoms with Gasteiger partial charge in [-0.2, -0.15) is 0 Å². The number of ether oxygens (including phenoxy) is 6. The van der Waals surface area contributed by atoms with Gasteiger partial charge in [0.1, 0.15) is 73.2 Å².